The second-order valence-corrected chi connectivity index (χ2v) is 6.99. The predicted molar refractivity (Wildman–Crippen MR) is 86.0 cm³/mol. The minimum absolute atomic E-state index is 0. The molecule has 1 unspecified atom stereocenters. The van der Waals surface area contributed by atoms with E-state index in [0.717, 1.165) is 37.8 Å². The number of carbonyl (C=O) groups is 1. The zero-order valence-corrected chi connectivity index (χ0v) is 17.1. The largest absolute Gasteiger partial charge is 1.00 e. The summed E-state index contributed by atoms with van der Waals surface area (Å²) < 4.78 is 35.7. The van der Waals surface area contributed by atoms with Gasteiger partial charge in [0.1, 0.15) is 11.1 Å². The molecule has 1 aromatic carbocycles. The summed E-state index contributed by atoms with van der Waals surface area (Å²) >= 11 is 5.99. The Morgan fingerprint density at radius 2 is 1.78 bits per heavy atom. The van der Waals surface area contributed by atoms with Crippen molar-refractivity contribution in [3.63, 3.8) is 0 Å². The van der Waals surface area contributed by atoms with Crippen LogP contribution in [0.2, 0.25) is 0 Å². The third-order valence-corrected chi connectivity index (χ3v) is 4.42. The van der Waals surface area contributed by atoms with Crippen molar-refractivity contribution in [1.29, 1.82) is 0 Å². The molecule has 1 N–H and O–H groups in total. The zero-order valence-electron chi connectivity index (χ0n) is 14.5. The summed E-state index contributed by atoms with van der Waals surface area (Å²) in [6, 6.07) is 4.91. The molecule has 1 aromatic rings. The van der Waals surface area contributed by atoms with E-state index in [1.807, 2.05) is 0 Å². The molecular formula is C15H22ClNaO5S. The maximum Gasteiger partial charge on any atom is 1.00 e. The van der Waals surface area contributed by atoms with Gasteiger partial charge in [0.05, 0.1) is 4.90 Å². The van der Waals surface area contributed by atoms with Gasteiger partial charge in [0.15, 0.2) is 0 Å². The van der Waals surface area contributed by atoms with Gasteiger partial charge in [-0.1, -0.05) is 39.0 Å². The molecule has 1 atom stereocenters. The van der Waals surface area contributed by atoms with Crippen LogP contribution in [0.15, 0.2) is 29.2 Å². The molecule has 0 aromatic heterocycles. The Labute approximate surface area is 166 Å². The molecule has 5 nitrogen and oxygen atoms in total. The van der Waals surface area contributed by atoms with Crippen LogP contribution < -0.4 is 34.3 Å². The van der Waals surface area contributed by atoms with Crippen LogP contribution in [0.4, 0.5) is 0 Å². The summed E-state index contributed by atoms with van der Waals surface area (Å²) in [5.74, 6) is -0.370. The van der Waals surface area contributed by atoms with Crippen molar-refractivity contribution in [3.05, 3.63) is 24.3 Å². The van der Waals surface area contributed by atoms with E-state index in [9.17, 15) is 13.2 Å². The number of esters is 1. The Hall–Kier alpha value is -0.110. The Morgan fingerprint density at radius 1 is 1.22 bits per heavy atom. The van der Waals surface area contributed by atoms with Gasteiger partial charge in [-0.15, -0.1) is 11.6 Å². The molecule has 0 saturated carbocycles. The van der Waals surface area contributed by atoms with Gasteiger partial charge in [0.2, 0.25) is 0 Å². The van der Waals surface area contributed by atoms with Crippen molar-refractivity contribution >= 4 is 27.7 Å². The molecule has 0 radical (unpaired) electrons. The summed E-state index contributed by atoms with van der Waals surface area (Å²) in [4.78, 5) is 11.5. The van der Waals surface area contributed by atoms with E-state index in [4.69, 9.17) is 20.9 Å². The average molecular weight is 373 g/mol. The molecule has 0 spiro atoms. The molecule has 8 heteroatoms. The van der Waals surface area contributed by atoms with Gasteiger partial charge in [-0.3, -0.25) is 9.35 Å². The normalized spacial score (nSPS) is 12.3. The molecule has 0 heterocycles. The van der Waals surface area contributed by atoms with Gasteiger partial charge >= 0.3 is 35.5 Å². The van der Waals surface area contributed by atoms with E-state index in [1.54, 1.807) is 0 Å². The summed E-state index contributed by atoms with van der Waals surface area (Å²) in [7, 11) is -4.25. The second-order valence-electron chi connectivity index (χ2n) is 5.04. The van der Waals surface area contributed by atoms with Gasteiger partial charge in [-0.2, -0.15) is 8.42 Å². The van der Waals surface area contributed by atoms with Gasteiger partial charge < -0.3 is 6.16 Å². The van der Waals surface area contributed by atoms with Crippen LogP contribution in [-0.4, -0.2) is 24.3 Å². The Kier molecular flexibility index (Phi) is 11.4. The van der Waals surface area contributed by atoms with Crippen LogP contribution in [0.25, 0.3) is 0 Å². The number of benzene rings is 1. The monoisotopic (exact) mass is 372 g/mol. The smallest absolute Gasteiger partial charge is 1.00 e. The predicted octanol–water partition coefficient (Wildman–Crippen LogP) is 0.923. The topological polar surface area (TPSA) is 80.7 Å². The van der Waals surface area contributed by atoms with Crippen LogP contribution in [0.1, 0.15) is 46.9 Å². The Bertz CT molecular complexity index is 580. The van der Waals surface area contributed by atoms with Crippen molar-refractivity contribution in [1.82, 2.24) is 0 Å². The Balaban J connectivity index is 0. The molecule has 0 aliphatic rings. The first-order valence-electron chi connectivity index (χ1n) is 7.28. The van der Waals surface area contributed by atoms with Crippen LogP contribution in [0.3, 0.4) is 0 Å². The third kappa shape index (κ3) is 9.08. The fourth-order valence-corrected chi connectivity index (χ4v) is 2.58. The molecular weight excluding hydrogens is 351 g/mol. The number of hydrogen-bond donors (Lipinski definition) is 1. The SMILES string of the molecule is CCCCCCCC(Cl)C(=O)Oc1ccc(S(=O)(=O)O)cc1.[H-].[Na+]. The van der Waals surface area contributed by atoms with Gasteiger partial charge in [-0.05, 0) is 30.7 Å². The minimum atomic E-state index is -4.25. The van der Waals surface area contributed by atoms with Crippen molar-refractivity contribution in [2.24, 2.45) is 0 Å². The van der Waals surface area contributed by atoms with E-state index in [-0.39, 0.29) is 41.6 Å². The number of hydrogen-bond acceptors (Lipinski definition) is 4. The number of alkyl halides is 1. The molecule has 0 fully saturated rings. The third-order valence-electron chi connectivity index (χ3n) is 3.16. The van der Waals surface area contributed by atoms with Crippen molar-refractivity contribution in [3.8, 4) is 5.75 Å². The molecule has 0 saturated heterocycles. The van der Waals surface area contributed by atoms with Crippen molar-refractivity contribution in [2.45, 2.75) is 55.7 Å². The van der Waals surface area contributed by atoms with Gasteiger partial charge in [0, 0.05) is 0 Å². The summed E-state index contributed by atoms with van der Waals surface area (Å²) in [6.07, 6.45) is 5.92. The van der Waals surface area contributed by atoms with Gasteiger partial charge in [0.25, 0.3) is 10.1 Å². The van der Waals surface area contributed by atoms with Crippen LogP contribution in [0.5, 0.6) is 5.75 Å². The van der Waals surface area contributed by atoms with Crippen molar-refractivity contribution < 1.29 is 53.5 Å². The second kappa shape index (κ2) is 11.4. The first kappa shape index (κ1) is 22.9. The molecule has 0 aliphatic carbocycles. The van der Waals surface area contributed by atoms with Crippen molar-refractivity contribution in [2.75, 3.05) is 0 Å². The van der Waals surface area contributed by atoms with Crippen LogP contribution >= 0.6 is 11.6 Å². The number of rotatable bonds is 9. The molecule has 1 rings (SSSR count). The standard InChI is InChI=1S/C15H21ClO5S.Na.H/c1-2-3-4-5-6-7-14(16)15(17)21-12-8-10-13(11-9-12)22(18,19)20;;/h8-11,14H,2-7H2,1H3,(H,18,19,20);;/q;+1;-1. The van der Waals surface area contributed by atoms with E-state index >= 15 is 0 Å². The molecule has 126 valence electrons. The maximum atomic E-state index is 11.8. The van der Waals surface area contributed by atoms with E-state index < -0.39 is 21.5 Å². The molecule has 0 amide bonds. The zero-order chi connectivity index (χ0) is 16.6. The number of halogens is 1. The van der Waals surface area contributed by atoms with Crippen LogP contribution in [-0.2, 0) is 14.9 Å². The number of unbranched alkanes of at least 4 members (excludes halogenated alkanes) is 4. The first-order valence-corrected chi connectivity index (χ1v) is 9.15. The van der Waals surface area contributed by atoms with E-state index in [2.05, 4.69) is 6.92 Å². The fourth-order valence-electron chi connectivity index (χ4n) is 1.90. The summed E-state index contributed by atoms with van der Waals surface area (Å²) in [6.45, 7) is 2.13. The maximum absolute atomic E-state index is 11.8. The summed E-state index contributed by atoms with van der Waals surface area (Å²) in [5, 5.41) is -0.720. The molecule has 0 aliphatic heterocycles. The van der Waals surface area contributed by atoms with E-state index in [0.29, 0.717) is 6.42 Å². The first-order chi connectivity index (χ1) is 10.3. The van der Waals surface area contributed by atoms with E-state index in [1.165, 1.54) is 18.6 Å². The fraction of sp³-hybridized carbons (Fsp3) is 0.533. The minimum Gasteiger partial charge on any atom is -1.00 e. The molecule has 23 heavy (non-hydrogen) atoms. The summed E-state index contributed by atoms with van der Waals surface area (Å²) in [5.41, 5.74) is 0. The average Bonchev–Trinajstić information content (AvgIpc) is 2.46. The van der Waals surface area contributed by atoms with Crippen LogP contribution in [0, 0.1) is 0 Å². The number of carbonyl (C=O) groups excluding carboxylic acids is 1. The quantitative estimate of drug-likeness (QED) is 0.174. The Morgan fingerprint density at radius 3 is 2.30 bits per heavy atom. The number of ether oxygens (including phenoxy) is 1. The molecule has 0 bridgehead atoms. The van der Waals surface area contributed by atoms with Gasteiger partial charge in [-0.25, -0.2) is 0 Å².